The summed E-state index contributed by atoms with van der Waals surface area (Å²) >= 11 is 0.826. The fraction of sp³-hybridized carbons (Fsp3) is 0.229. The second-order valence-electron chi connectivity index (χ2n) is 11.2. The molecular formula is C35H31F2N7O6S. The number of anilines is 1. The lowest BCUT2D eigenvalue weighted by Gasteiger charge is -2.36. The number of nitrogens with one attached hydrogen (secondary N) is 2. The molecule has 16 heteroatoms. The number of nitro benzene ring substituents is 1. The quantitative estimate of drug-likeness (QED) is 0.0816. The summed E-state index contributed by atoms with van der Waals surface area (Å²) in [7, 11) is 1.55. The first-order valence-electron chi connectivity index (χ1n) is 15.5. The Morgan fingerprint density at radius 1 is 1.14 bits per heavy atom. The first-order valence-corrected chi connectivity index (χ1v) is 16.3. The minimum Gasteiger partial charge on any atom is -0.429 e. The topological polar surface area (TPSA) is 174 Å². The highest BCUT2D eigenvalue weighted by atomic mass is 32.2. The molecule has 13 nitrogen and oxygen atoms in total. The Kier molecular flexibility index (Phi) is 10.8. The number of carbonyl (C=O) groups excluding carboxylic acids is 2. The Labute approximate surface area is 294 Å². The molecule has 2 aliphatic heterocycles. The number of rotatable bonds is 9. The van der Waals surface area contributed by atoms with Crippen molar-refractivity contribution in [2.45, 2.75) is 18.2 Å². The average Bonchev–Trinajstić information content (AvgIpc) is 3.48. The largest absolute Gasteiger partial charge is 0.514 e. The van der Waals surface area contributed by atoms with E-state index in [1.165, 1.54) is 41.3 Å². The molecule has 5 rings (SSSR count). The number of nitriles is 1. The number of non-ortho nitro benzene ring substituents is 1. The van der Waals surface area contributed by atoms with Crippen molar-refractivity contribution in [3.05, 3.63) is 103 Å². The van der Waals surface area contributed by atoms with E-state index in [-0.39, 0.29) is 61.7 Å². The van der Waals surface area contributed by atoms with Crippen LogP contribution in [0.2, 0.25) is 0 Å². The van der Waals surface area contributed by atoms with Crippen LogP contribution < -0.4 is 20.5 Å². The Hall–Kier alpha value is -6.08. The maximum atomic E-state index is 16.6. The average molecular weight is 716 g/mol. The van der Waals surface area contributed by atoms with Gasteiger partial charge >= 0.3 is 6.16 Å². The fourth-order valence-corrected chi connectivity index (χ4v) is 6.78. The highest BCUT2D eigenvalue weighted by Crippen LogP contribution is 2.29. The van der Waals surface area contributed by atoms with Gasteiger partial charge in [0.2, 0.25) is 0 Å². The third kappa shape index (κ3) is 7.15. The second-order valence-corrected chi connectivity index (χ2v) is 12.2. The third-order valence-corrected chi connectivity index (χ3v) is 9.33. The fourth-order valence-electron chi connectivity index (χ4n) is 5.85. The van der Waals surface area contributed by atoms with Crippen molar-refractivity contribution in [1.29, 1.82) is 10.7 Å². The summed E-state index contributed by atoms with van der Waals surface area (Å²) < 4.78 is 41.4. The molecule has 2 heterocycles. The van der Waals surface area contributed by atoms with E-state index in [1.54, 1.807) is 13.1 Å². The van der Waals surface area contributed by atoms with Crippen molar-refractivity contribution >= 4 is 58.4 Å². The summed E-state index contributed by atoms with van der Waals surface area (Å²) in [5, 5.41) is 32.7. The molecule has 0 saturated carbocycles. The number of fused-ring (bicyclic) bond motifs is 1. The number of hydrogen-bond donors (Lipinski definition) is 2. The number of aliphatic imine (C=N–C) groups is 1. The van der Waals surface area contributed by atoms with Crippen LogP contribution in [0.15, 0.2) is 64.5 Å². The summed E-state index contributed by atoms with van der Waals surface area (Å²) in [4.78, 5) is 43.2. The van der Waals surface area contributed by atoms with Crippen LogP contribution in [-0.4, -0.2) is 78.4 Å². The van der Waals surface area contributed by atoms with Crippen LogP contribution in [-0.2, 0) is 16.0 Å². The Morgan fingerprint density at radius 2 is 1.80 bits per heavy atom. The molecule has 0 unspecified atom stereocenters. The van der Waals surface area contributed by atoms with Crippen LogP contribution in [0.5, 0.6) is 5.75 Å². The number of piperazine rings is 1. The standard InChI is InChI=1S/C35H31F2N7O6S/c1-5-20-16-24(30(40-3)29(37)27(20)23-10-11-26(36)31-28(23)25(17-38)32(39)51-31)33(41-4)42-12-14-43(15-13-42)34(45)19(2)18-49-35(46)50-22-8-6-21(7-9-22)44(47)48/h6-11,16,39-40H,2,4-5,12-15,18H2,1,3H3/b27-23-,33-24+,39-32?. The smallest absolute Gasteiger partial charge is 0.429 e. The molecule has 1 amide bonds. The molecule has 1 saturated heterocycles. The lowest BCUT2D eigenvalue weighted by atomic mass is 10.0. The molecule has 1 fully saturated rings. The monoisotopic (exact) mass is 715 g/mol. The van der Waals surface area contributed by atoms with E-state index in [1.807, 2.05) is 17.9 Å². The maximum Gasteiger partial charge on any atom is 0.514 e. The number of benzene rings is 3. The van der Waals surface area contributed by atoms with Gasteiger partial charge in [0.1, 0.15) is 35.1 Å². The van der Waals surface area contributed by atoms with Gasteiger partial charge in [0.15, 0.2) is 5.82 Å². The van der Waals surface area contributed by atoms with Crippen molar-refractivity contribution in [2.75, 3.05) is 45.2 Å². The summed E-state index contributed by atoms with van der Waals surface area (Å²) in [5.74, 6) is -1.29. The van der Waals surface area contributed by atoms with Crippen LogP contribution in [0, 0.1) is 48.9 Å². The number of hydrogen-bond acceptors (Lipinski definition) is 12. The summed E-state index contributed by atoms with van der Waals surface area (Å²) in [6.45, 7) is 9.93. The molecule has 2 N–H and O–H groups in total. The van der Waals surface area contributed by atoms with E-state index in [4.69, 9.17) is 14.9 Å². The van der Waals surface area contributed by atoms with Crippen LogP contribution in [0.1, 0.15) is 12.5 Å². The predicted octanol–water partition coefficient (Wildman–Crippen LogP) is 4.20. The van der Waals surface area contributed by atoms with Gasteiger partial charge in [-0.2, -0.15) is 5.26 Å². The number of ether oxygens (including phenoxy) is 2. The van der Waals surface area contributed by atoms with E-state index in [0.717, 1.165) is 11.8 Å². The van der Waals surface area contributed by atoms with Crippen LogP contribution in [0.4, 0.5) is 25.0 Å². The maximum absolute atomic E-state index is 16.6. The Balaban J connectivity index is 1.38. The summed E-state index contributed by atoms with van der Waals surface area (Å²) in [6.07, 6.45) is -0.741. The molecule has 2 aliphatic rings. The lowest BCUT2D eigenvalue weighted by Crippen LogP contribution is -2.49. The van der Waals surface area contributed by atoms with Crippen LogP contribution >= 0.6 is 11.8 Å². The first-order chi connectivity index (χ1) is 24.4. The number of thioether (sulfide) groups is 1. The summed E-state index contributed by atoms with van der Waals surface area (Å²) in [5.41, 5.74) is 0.463. The molecule has 51 heavy (non-hydrogen) atoms. The molecule has 3 aromatic rings. The number of aryl methyl sites for hydroxylation is 1. The van der Waals surface area contributed by atoms with Gasteiger partial charge in [-0.05, 0) is 48.2 Å². The molecule has 262 valence electrons. The minimum absolute atomic E-state index is 0.00418. The van der Waals surface area contributed by atoms with Crippen molar-refractivity contribution in [3.63, 3.8) is 0 Å². The SMILES string of the molecule is C=N/C(=c1/cc(CC)/c(=c2\ccc(F)c3c2=C(C#N)C(=N)S3)c(F)c1NC)N1CCN(C(=O)C(=C)COC(=O)Oc2ccc([N+](=O)[O-])cc2)CC1. The number of nitro groups is 1. The van der Waals surface area contributed by atoms with Crippen molar-refractivity contribution in [1.82, 2.24) is 9.80 Å². The van der Waals surface area contributed by atoms with E-state index < -0.39 is 35.2 Å². The molecule has 3 aromatic carbocycles. The number of amides is 1. The zero-order chi connectivity index (χ0) is 37.0. The van der Waals surface area contributed by atoms with E-state index in [2.05, 4.69) is 23.6 Å². The molecule has 0 spiro atoms. The Morgan fingerprint density at radius 3 is 2.39 bits per heavy atom. The number of halogens is 2. The van der Waals surface area contributed by atoms with E-state index >= 15 is 4.39 Å². The molecule has 0 radical (unpaired) electrons. The van der Waals surface area contributed by atoms with Gasteiger partial charge in [0, 0.05) is 66.6 Å². The first kappa shape index (κ1) is 36.2. The third-order valence-electron chi connectivity index (χ3n) is 8.32. The van der Waals surface area contributed by atoms with E-state index in [0.29, 0.717) is 41.3 Å². The number of carbonyl (C=O) groups is 2. The minimum atomic E-state index is -1.12. The van der Waals surface area contributed by atoms with E-state index in [9.17, 15) is 29.4 Å². The highest BCUT2D eigenvalue weighted by Gasteiger charge is 2.27. The molecule has 0 atom stereocenters. The normalized spacial score (nSPS) is 15.0. The van der Waals surface area contributed by atoms with Crippen molar-refractivity contribution in [3.8, 4) is 11.8 Å². The van der Waals surface area contributed by atoms with Crippen molar-refractivity contribution < 1.29 is 32.8 Å². The zero-order valence-electron chi connectivity index (χ0n) is 27.5. The van der Waals surface area contributed by atoms with Gasteiger partial charge in [0.05, 0.1) is 21.1 Å². The molecule has 0 aliphatic carbocycles. The molecular weight excluding hydrogens is 684 g/mol. The molecule has 0 bridgehead atoms. The van der Waals surface area contributed by atoms with Gasteiger partial charge in [-0.25, -0.2) is 18.6 Å². The van der Waals surface area contributed by atoms with Gasteiger partial charge in [-0.15, -0.1) is 0 Å². The van der Waals surface area contributed by atoms with Crippen LogP contribution in [0.25, 0.3) is 11.4 Å². The van der Waals surface area contributed by atoms with Gasteiger partial charge < -0.3 is 24.6 Å². The highest BCUT2D eigenvalue weighted by molar-refractivity contribution is 8.15. The molecule has 0 aromatic heterocycles. The zero-order valence-corrected chi connectivity index (χ0v) is 28.4. The number of nitrogens with zero attached hydrogens (tertiary/aromatic N) is 5. The Bertz CT molecular complexity index is 2270. The lowest BCUT2D eigenvalue weighted by molar-refractivity contribution is -0.384. The second kappa shape index (κ2) is 15.2. The predicted molar refractivity (Wildman–Crippen MR) is 187 cm³/mol. The van der Waals surface area contributed by atoms with Gasteiger partial charge in [-0.1, -0.05) is 31.3 Å². The van der Waals surface area contributed by atoms with Crippen molar-refractivity contribution in [2.24, 2.45) is 4.99 Å². The van der Waals surface area contributed by atoms with Gasteiger partial charge in [0.25, 0.3) is 11.6 Å². The summed E-state index contributed by atoms with van der Waals surface area (Å²) in [6, 6.07) is 11.2. The van der Waals surface area contributed by atoms with Crippen LogP contribution in [0.3, 0.4) is 0 Å². The van der Waals surface area contributed by atoms with Gasteiger partial charge in [-0.3, -0.25) is 20.3 Å².